The number of carbonyl (C=O) groups is 2. The highest BCUT2D eigenvalue weighted by Gasteiger charge is 2.33. The summed E-state index contributed by atoms with van der Waals surface area (Å²) < 4.78 is 18.0. The summed E-state index contributed by atoms with van der Waals surface area (Å²) in [4.78, 5) is 44.6. The first-order chi connectivity index (χ1) is 20.7. The van der Waals surface area contributed by atoms with Crippen LogP contribution in [0.5, 0.6) is 11.5 Å². The van der Waals surface area contributed by atoms with Crippen LogP contribution in [-0.4, -0.2) is 30.2 Å². The number of hydrogen-bond donors (Lipinski definition) is 0. The van der Waals surface area contributed by atoms with Crippen molar-refractivity contribution in [1.82, 2.24) is 4.57 Å². The van der Waals surface area contributed by atoms with Gasteiger partial charge < -0.3 is 14.2 Å². The lowest BCUT2D eigenvalue weighted by Crippen LogP contribution is -2.39. The molecule has 1 aliphatic rings. The normalized spacial score (nSPS) is 14.7. The Bertz CT molecular complexity index is 1870. The molecule has 0 amide bonds. The Morgan fingerprint density at radius 1 is 0.953 bits per heavy atom. The largest absolute Gasteiger partial charge is 0.497 e. The molecule has 0 saturated carbocycles. The van der Waals surface area contributed by atoms with E-state index in [0.717, 1.165) is 16.7 Å². The van der Waals surface area contributed by atoms with Crippen molar-refractivity contribution in [2.75, 3.05) is 13.7 Å². The van der Waals surface area contributed by atoms with Gasteiger partial charge in [-0.2, -0.15) is 0 Å². The molecule has 43 heavy (non-hydrogen) atoms. The molecule has 2 heterocycles. The second-order valence-electron chi connectivity index (χ2n) is 10.3. The van der Waals surface area contributed by atoms with Gasteiger partial charge in [-0.1, -0.05) is 61.6 Å². The third kappa shape index (κ3) is 6.22. The highest BCUT2D eigenvalue weighted by Crippen LogP contribution is 2.31. The number of nitrogens with zero attached hydrogens (tertiary/aromatic N) is 2. The molecule has 8 nitrogen and oxygen atoms in total. The Kier molecular flexibility index (Phi) is 8.73. The summed E-state index contributed by atoms with van der Waals surface area (Å²) >= 11 is 1.26. The fraction of sp³-hybridized carbons (Fsp3) is 0.235. The lowest BCUT2D eigenvalue weighted by Gasteiger charge is -2.25. The molecule has 0 bridgehead atoms. The molecule has 4 aromatic rings. The number of allylic oxidation sites excluding steroid dienone is 1. The zero-order valence-corrected chi connectivity index (χ0v) is 25.4. The average molecular weight is 597 g/mol. The maximum absolute atomic E-state index is 13.9. The monoisotopic (exact) mass is 596 g/mol. The lowest BCUT2D eigenvalue weighted by molar-refractivity contribution is -0.139. The number of rotatable bonds is 8. The quantitative estimate of drug-likeness (QED) is 0.206. The first kappa shape index (κ1) is 29.7. The smallest absolute Gasteiger partial charge is 0.343 e. The number of hydrogen-bond acceptors (Lipinski definition) is 8. The predicted octanol–water partition coefficient (Wildman–Crippen LogP) is 5.15. The zero-order valence-electron chi connectivity index (χ0n) is 24.6. The van der Waals surface area contributed by atoms with Crippen LogP contribution < -0.4 is 24.4 Å². The van der Waals surface area contributed by atoms with E-state index in [9.17, 15) is 14.4 Å². The molecule has 0 fully saturated rings. The van der Waals surface area contributed by atoms with E-state index >= 15 is 0 Å². The Morgan fingerprint density at radius 2 is 1.60 bits per heavy atom. The topological polar surface area (TPSA) is 96.2 Å². The van der Waals surface area contributed by atoms with E-state index in [-0.39, 0.29) is 12.2 Å². The summed E-state index contributed by atoms with van der Waals surface area (Å²) in [5, 5.41) is 0. The van der Waals surface area contributed by atoms with Crippen LogP contribution in [0.1, 0.15) is 66.7 Å². The fourth-order valence-electron chi connectivity index (χ4n) is 4.85. The zero-order chi connectivity index (χ0) is 30.7. The standard InChI is InChI=1S/C34H32N2O6S/c1-6-41-33(39)29-21(4)35-34-36(30(29)24-11-9-23(10-12-24)20(2)3)31(37)28(43-34)19-22-7-15-27(16-8-22)42-32(38)25-13-17-26(40-5)18-14-25/h7-20,30H,6H2,1-5H3/b28-19-/t30-/m0/s1. The Morgan fingerprint density at radius 3 is 2.21 bits per heavy atom. The molecule has 9 heteroatoms. The number of aromatic nitrogens is 1. The van der Waals surface area contributed by atoms with Gasteiger partial charge in [0.15, 0.2) is 4.80 Å². The molecule has 1 atom stereocenters. The number of methoxy groups -OCH3 is 1. The van der Waals surface area contributed by atoms with Crippen LogP contribution in [0.4, 0.5) is 0 Å². The molecule has 0 radical (unpaired) electrons. The third-order valence-corrected chi connectivity index (χ3v) is 8.13. The van der Waals surface area contributed by atoms with E-state index in [1.54, 1.807) is 80.1 Å². The maximum atomic E-state index is 13.9. The minimum atomic E-state index is -0.668. The SMILES string of the molecule is CCOC(=O)C1=C(C)N=c2s/c(=C\c3ccc(OC(=O)c4ccc(OC)cc4)cc3)c(=O)n2[C@H]1c1ccc(C(C)C)cc1. The van der Waals surface area contributed by atoms with E-state index in [1.165, 1.54) is 11.3 Å². The van der Waals surface area contributed by atoms with Crippen LogP contribution >= 0.6 is 11.3 Å². The van der Waals surface area contributed by atoms with Gasteiger partial charge in [-0.3, -0.25) is 9.36 Å². The Hall–Kier alpha value is -4.76. The summed E-state index contributed by atoms with van der Waals surface area (Å²) in [6.45, 7) is 7.96. The summed E-state index contributed by atoms with van der Waals surface area (Å²) in [7, 11) is 1.56. The van der Waals surface area contributed by atoms with Gasteiger partial charge in [0.2, 0.25) is 0 Å². The Labute approximate surface area is 253 Å². The molecule has 1 aromatic heterocycles. The molecular formula is C34H32N2O6S. The second kappa shape index (κ2) is 12.6. The predicted molar refractivity (Wildman–Crippen MR) is 165 cm³/mol. The van der Waals surface area contributed by atoms with Crippen LogP contribution in [-0.2, 0) is 9.53 Å². The molecule has 0 unspecified atom stereocenters. The molecule has 220 valence electrons. The van der Waals surface area contributed by atoms with Crippen LogP contribution in [0.3, 0.4) is 0 Å². The van der Waals surface area contributed by atoms with Gasteiger partial charge in [0.05, 0.1) is 41.1 Å². The summed E-state index contributed by atoms with van der Waals surface area (Å²) in [6.07, 6.45) is 1.77. The van der Waals surface area contributed by atoms with Crippen LogP contribution in [0.15, 0.2) is 93.9 Å². The van der Waals surface area contributed by atoms with Crippen LogP contribution in [0.2, 0.25) is 0 Å². The highest BCUT2D eigenvalue weighted by molar-refractivity contribution is 7.07. The van der Waals surface area contributed by atoms with Crippen molar-refractivity contribution >= 4 is 29.4 Å². The van der Waals surface area contributed by atoms with Gasteiger partial charge >= 0.3 is 11.9 Å². The number of thiazole rings is 1. The molecule has 0 spiro atoms. The van der Waals surface area contributed by atoms with Gasteiger partial charge in [-0.25, -0.2) is 14.6 Å². The number of benzene rings is 3. The van der Waals surface area contributed by atoms with Crippen LogP contribution in [0.25, 0.3) is 6.08 Å². The van der Waals surface area contributed by atoms with Gasteiger partial charge in [0.25, 0.3) is 5.56 Å². The molecule has 3 aromatic carbocycles. The number of carbonyl (C=O) groups excluding carboxylic acids is 2. The minimum Gasteiger partial charge on any atom is -0.497 e. The molecule has 1 aliphatic heterocycles. The van der Waals surface area contributed by atoms with Crippen molar-refractivity contribution in [3.05, 3.63) is 126 Å². The minimum absolute atomic E-state index is 0.213. The molecular weight excluding hydrogens is 564 g/mol. The van der Waals surface area contributed by atoms with Crippen molar-refractivity contribution in [3.63, 3.8) is 0 Å². The van der Waals surface area contributed by atoms with Gasteiger partial charge in [-0.15, -0.1) is 0 Å². The van der Waals surface area contributed by atoms with Crippen molar-refractivity contribution in [3.8, 4) is 11.5 Å². The van der Waals surface area contributed by atoms with Crippen molar-refractivity contribution in [1.29, 1.82) is 0 Å². The van der Waals surface area contributed by atoms with E-state index in [4.69, 9.17) is 14.2 Å². The molecule has 0 N–H and O–H groups in total. The first-order valence-corrected chi connectivity index (χ1v) is 14.8. The third-order valence-electron chi connectivity index (χ3n) is 7.15. The highest BCUT2D eigenvalue weighted by atomic mass is 32.1. The molecule has 5 rings (SSSR count). The average Bonchev–Trinajstić information content (AvgIpc) is 3.31. The van der Waals surface area contributed by atoms with E-state index in [2.05, 4.69) is 18.8 Å². The number of ether oxygens (including phenoxy) is 3. The summed E-state index contributed by atoms with van der Waals surface area (Å²) in [5.74, 6) is 0.386. The van der Waals surface area contributed by atoms with E-state index < -0.39 is 18.0 Å². The van der Waals surface area contributed by atoms with Gasteiger partial charge in [0, 0.05) is 0 Å². The van der Waals surface area contributed by atoms with E-state index in [1.807, 2.05) is 24.3 Å². The number of esters is 2. The van der Waals surface area contributed by atoms with E-state index in [0.29, 0.717) is 43.6 Å². The second-order valence-corrected chi connectivity index (χ2v) is 11.3. The first-order valence-electron chi connectivity index (χ1n) is 14.0. The maximum Gasteiger partial charge on any atom is 0.343 e. The number of fused-ring (bicyclic) bond motifs is 1. The summed E-state index contributed by atoms with van der Waals surface area (Å²) in [5.41, 5.74) is 3.72. The lowest BCUT2D eigenvalue weighted by atomic mass is 9.93. The van der Waals surface area contributed by atoms with Crippen molar-refractivity contribution < 1.29 is 23.8 Å². The molecule has 0 aliphatic carbocycles. The van der Waals surface area contributed by atoms with Gasteiger partial charge in [-0.05, 0) is 78.9 Å². The fourth-order valence-corrected chi connectivity index (χ4v) is 5.89. The van der Waals surface area contributed by atoms with Crippen molar-refractivity contribution in [2.45, 2.75) is 39.7 Å². The summed E-state index contributed by atoms with van der Waals surface area (Å²) in [6, 6.07) is 20.8. The van der Waals surface area contributed by atoms with Crippen molar-refractivity contribution in [2.24, 2.45) is 4.99 Å². The Balaban J connectivity index is 1.48. The molecule has 0 saturated heterocycles. The van der Waals surface area contributed by atoms with Crippen LogP contribution in [0, 0.1) is 0 Å². The van der Waals surface area contributed by atoms with Gasteiger partial charge in [0.1, 0.15) is 11.5 Å².